The predicted molar refractivity (Wildman–Crippen MR) is 92.1 cm³/mol. The van der Waals surface area contributed by atoms with E-state index < -0.39 is 0 Å². The van der Waals surface area contributed by atoms with Gasteiger partial charge in [0.05, 0.1) is 5.92 Å². The van der Waals surface area contributed by atoms with Crippen molar-refractivity contribution in [2.45, 2.75) is 32.6 Å². The summed E-state index contributed by atoms with van der Waals surface area (Å²) < 4.78 is 1.68. The zero-order chi connectivity index (χ0) is 17.8. The van der Waals surface area contributed by atoms with Gasteiger partial charge in [-0.2, -0.15) is 5.10 Å². The second kappa shape index (κ2) is 7.68. The van der Waals surface area contributed by atoms with E-state index in [4.69, 9.17) is 0 Å². The SMILES string of the molecule is CCCc1nnc(N2CC(C(=O)NCCc3ncnn3C)CC2=O)s1. The van der Waals surface area contributed by atoms with E-state index in [2.05, 4.69) is 32.5 Å². The second-order valence-corrected chi connectivity index (χ2v) is 7.02. The van der Waals surface area contributed by atoms with Gasteiger partial charge in [0, 0.05) is 39.4 Å². The number of rotatable bonds is 7. The van der Waals surface area contributed by atoms with Crippen molar-refractivity contribution in [3.05, 3.63) is 17.2 Å². The van der Waals surface area contributed by atoms with Crippen LogP contribution in [0.1, 0.15) is 30.6 Å². The van der Waals surface area contributed by atoms with Crippen molar-refractivity contribution in [3.63, 3.8) is 0 Å². The molecule has 9 nitrogen and oxygen atoms in total. The van der Waals surface area contributed by atoms with Crippen molar-refractivity contribution >= 4 is 28.3 Å². The van der Waals surface area contributed by atoms with E-state index in [1.54, 1.807) is 9.58 Å². The Morgan fingerprint density at radius 2 is 2.24 bits per heavy atom. The second-order valence-electron chi connectivity index (χ2n) is 5.97. The van der Waals surface area contributed by atoms with Crippen molar-refractivity contribution in [1.29, 1.82) is 0 Å². The molecule has 0 radical (unpaired) electrons. The standard InChI is InChI=1S/C15H21N7O2S/c1-3-4-12-19-20-15(25-12)22-8-10(7-13(22)23)14(24)16-6-5-11-17-9-18-21(11)2/h9-10H,3-8H2,1-2H3,(H,16,24). The van der Waals surface area contributed by atoms with Crippen LogP contribution in [0.15, 0.2) is 6.33 Å². The van der Waals surface area contributed by atoms with Gasteiger partial charge in [-0.1, -0.05) is 18.3 Å². The van der Waals surface area contributed by atoms with Crippen LogP contribution >= 0.6 is 11.3 Å². The fourth-order valence-corrected chi connectivity index (χ4v) is 3.69. The highest BCUT2D eigenvalue weighted by atomic mass is 32.1. The lowest BCUT2D eigenvalue weighted by Gasteiger charge is -2.12. The first kappa shape index (κ1) is 17.5. The van der Waals surface area contributed by atoms with Crippen molar-refractivity contribution < 1.29 is 9.59 Å². The molecule has 25 heavy (non-hydrogen) atoms. The minimum atomic E-state index is -0.356. The Balaban J connectivity index is 1.52. The number of carbonyl (C=O) groups is 2. The predicted octanol–water partition coefficient (Wildman–Crippen LogP) is 0.331. The molecule has 1 aliphatic rings. The van der Waals surface area contributed by atoms with Gasteiger partial charge in [0.1, 0.15) is 17.2 Å². The van der Waals surface area contributed by atoms with E-state index in [1.165, 1.54) is 17.7 Å². The fraction of sp³-hybridized carbons (Fsp3) is 0.600. The smallest absolute Gasteiger partial charge is 0.229 e. The van der Waals surface area contributed by atoms with E-state index in [1.807, 2.05) is 7.05 Å². The topological polar surface area (TPSA) is 106 Å². The molecule has 2 amide bonds. The number of nitrogens with zero attached hydrogens (tertiary/aromatic N) is 6. The number of aromatic nitrogens is 5. The molecular formula is C15H21N7O2S. The minimum Gasteiger partial charge on any atom is -0.355 e. The normalized spacial score (nSPS) is 17.3. The maximum Gasteiger partial charge on any atom is 0.229 e. The summed E-state index contributed by atoms with van der Waals surface area (Å²) >= 11 is 1.42. The summed E-state index contributed by atoms with van der Waals surface area (Å²) in [7, 11) is 1.81. The minimum absolute atomic E-state index is 0.0763. The Morgan fingerprint density at radius 1 is 1.40 bits per heavy atom. The lowest BCUT2D eigenvalue weighted by atomic mass is 10.1. The van der Waals surface area contributed by atoms with Gasteiger partial charge in [-0.05, 0) is 6.42 Å². The van der Waals surface area contributed by atoms with E-state index in [9.17, 15) is 9.59 Å². The Bertz CT molecular complexity index is 757. The number of carbonyl (C=O) groups excluding carboxylic acids is 2. The summed E-state index contributed by atoms with van der Waals surface area (Å²) in [4.78, 5) is 30.2. The lowest BCUT2D eigenvalue weighted by molar-refractivity contribution is -0.126. The molecule has 2 aromatic heterocycles. The first-order valence-electron chi connectivity index (χ1n) is 8.31. The highest BCUT2D eigenvalue weighted by Gasteiger charge is 2.36. The molecule has 0 bridgehead atoms. The molecule has 0 spiro atoms. The maximum atomic E-state index is 12.3. The third kappa shape index (κ3) is 4.01. The van der Waals surface area contributed by atoms with Crippen LogP contribution in [0.25, 0.3) is 0 Å². The maximum absolute atomic E-state index is 12.3. The van der Waals surface area contributed by atoms with Crippen molar-refractivity contribution in [3.8, 4) is 0 Å². The zero-order valence-electron chi connectivity index (χ0n) is 14.3. The average molecular weight is 363 g/mol. The van der Waals surface area contributed by atoms with Crippen LogP contribution in [-0.4, -0.2) is 49.9 Å². The molecule has 1 unspecified atom stereocenters. The number of hydrogen-bond acceptors (Lipinski definition) is 7. The number of anilines is 1. The quantitative estimate of drug-likeness (QED) is 0.760. The van der Waals surface area contributed by atoms with E-state index >= 15 is 0 Å². The average Bonchev–Trinajstić information content (AvgIpc) is 3.29. The Hall–Kier alpha value is -2.36. The number of nitrogens with one attached hydrogen (secondary N) is 1. The molecular weight excluding hydrogens is 342 g/mol. The third-order valence-corrected chi connectivity index (χ3v) is 5.11. The molecule has 3 rings (SSSR count). The van der Waals surface area contributed by atoms with E-state index in [0.29, 0.717) is 24.6 Å². The summed E-state index contributed by atoms with van der Waals surface area (Å²) in [5.41, 5.74) is 0. The van der Waals surface area contributed by atoms with Gasteiger partial charge in [0.2, 0.25) is 16.9 Å². The molecule has 10 heteroatoms. The van der Waals surface area contributed by atoms with Gasteiger partial charge in [-0.3, -0.25) is 19.2 Å². The molecule has 134 valence electrons. The first-order chi connectivity index (χ1) is 12.1. The van der Waals surface area contributed by atoms with Crippen LogP contribution in [0.5, 0.6) is 0 Å². The van der Waals surface area contributed by atoms with Crippen molar-refractivity contribution in [2.24, 2.45) is 13.0 Å². The van der Waals surface area contributed by atoms with Crippen LogP contribution in [0.4, 0.5) is 5.13 Å². The summed E-state index contributed by atoms with van der Waals surface area (Å²) in [6, 6.07) is 0. The molecule has 1 fully saturated rings. The lowest BCUT2D eigenvalue weighted by Crippen LogP contribution is -2.34. The highest BCUT2D eigenvalue weighted by molar-refractivity contribution is 7.15. The van der Waals surface area contributed by atoms with Crippen LogP contribution in [-0.2, 0) is 29.5 Å². The molecule has 1 N–H and O–H groups in total. The van der Waals surface area contributed by atoms with Crippen LogP contribution < -0.4 is 10.2 Å². The van der Waals surface area contributed by atoms with Gasteiger partial charge in [-0.25, -0.2) is 4.98 Å². The van der Waals surface area contributed by atoms with Crippen LogP contribution in [0.2, 0.25) is 0 Å². The fourth-order valence-electron chi connectivity index (χ4n) is 2.73. The first-order valence-corrected chi connectivity index (χ1v) is 9.13. The molecule has 1 aliphatic heterocycles. The van der Waals surface area contributed by atoms with Gasteiger partial charge in [0.25, 0.3) is 0 Å². The Kier molecular flexibility index (Phi) is 5.37. The monoisotopic (exact) mass is 363 g/mol. The molecule has 1 atom stereocenters. The van der Waals surface area contributed by atoms with E-state index in [-0.39, 0.29) is 24.2 Å². The largest absolute Gasteiger partial charge is 0.355 e. The number of aryl methyl sites for hydroxylation is 2. The molecule has 3 heterocycles. The zero-order valence-corrected chi connectivity index (χ0v) is 15.1. The van der Waals surface area contributed by atoms with Gasteiger partial charge in [0.15, 0.2) is 0 Å². The van der Waals surface area contributed by atoms with Gasteiger partial charge >= 0.3 is 0 Å². The summed E-state index contributed by atoms with van der Waals surface area (Å²) in [5, 5.41) is 16.6. The molecule has 0 aromatic carbocycles. The van der Waals surface area contributed by atoms with Crippen LogP contribution in [0, 0.1) is 5.92 Å². The third-order valence-electron chi connectivity index (χ3n) is 4.10. The van der Waals surface area contributed by atoms with Crippen molar-refractivity contribution in [1.82, 2.24) is 30.3 Å². The summed E-state index contributed by atoms with van der Waals surface area (Å²) in [6.07, 6.45) is 4.13. The molecule has 2 aromatic rings. The number of amides is 2. The highest BCUT2D eigenvalue weighted by Crippen LogP contribution is 2.28. The Morgan fingerprint density at radius 3 is 2.96 bits per heavy atom. The van der Waals surface area contributed by atoms with Gasteiger partial charge in [-0.15, -0.1) is 10.2 Å². The molecule has 1 saturated heterocycles. The van der Waals surface area contributed by atoms with Crippen LogP contribution in [0.3, 0.4) is 0 Å². The molecule has 0 aliphatic carbocycles. The van der Waals surface area contributed by atoms with E-state index in [0.717, 1.165) is 23.7 Å². The summed E-state index contributed by atoms with van der Waals surface area (Å²) in [6.45, 7) is 2.90. The Labute approximate surface area is 149 Å². The number of hydrogen-bond donors (Lipinski definition) is 1. The molecule has 0 saturated carbocycles. The van der Waals surface area contributed by atoms with Gasteiger partial charge < -0.3 is 5.32 Å². The summed E-state index contributed by atoms with van der Waals surface area (Å²) in [5.74, 6) is 0.260. The van der Waals surface area contributed by atoms with Crippen molar-refractivity contribution in [2.75, 3.05) is 18.0 Å².